The Balaban J connectivity index is 2.38. The molecule has 0 aromatic carbocycles. The lowest BCUT2D eigenvalue weighted by molar-refractivity contribution is -0.123. The van der Waals surface area contributed by atoms with Crippen LogP contribution < -0.4 is 11.1 Å². The molecular weight excluding hydrogens is 208 g/mol. The highest BCUT2D eigenvalue weighted by Gasteiger charge is 2.17. The van der Waals surface area contributed by atoms with Crippen molar-refractivity contribution in [1.82, 2.24) is 5.32 Å². The highest BCUT2D eigenvalue weighted by molar-refractivity contribution is 5.91. The van der Waals surface area contributed by atoms with Crippen LogP contribution in [0.5, 0.6) is 0 Å². The SMILES string of the molecule is CCCCC(CN)NC(=O)C1=COCCO1. The first kappa shape index (κ1) is 12.8. The average Bonchev–Trinajstić information content (AvgIpc) is 2.35. The van der Waals surface area contributed by atoms with Crippen LogP contribution in [0, 0.1) is 0 Å². The fourth-order valence-electron chi connectivity index (χ4n) is 1.44. The highest BCUT2D eigenvalue weighted by Crippen LogP contribution is 2.06. The van der Waals surface area contributed by atoms with Crippen LogP contribution in [-0.2, 0) is 14.3 Å². The molecule has 0 saturated carbocycles. The van der Waals surface area contributed by atoms with E-state index in [1.54, 1.807) is 0 Å². The van der Waals surface area contributed by atoms with Crippen molar-refractivity contribution >= 4 is 5.91 Å². The summed E-state index contributed by atoms with van der Waals surface area (Å²) in [6.45, 7) is 3.46. The van der Waals surface area contributed by atoms with Crippen LogP contribution in [0.25, 0.3) is 0 Å². The van der Waals surface area contributed by atoms with Crippen molar-refractivity contribution in [1.29, 1.82) is 0 Å². The largest absolute Gasteiger partial charge is 0.494 e. The molecule has 16 heavy (non-hydrogen) atoms. The molecule has 0 aliphatic carbocycles. The number of rotatable bonds is 6. The fourth-order valence-corrected chi connectivity index (χ4v) is 1.44. The van der Waals surface area contributed by atoms with Gasteiger partial charge in [-0.15, -0.1) is 0 Å². The van der Waals surface area contributed by atoms with Gasteiger partial charge in [-0.05, 0) is 6.42 Å². The van der Waals surface area contributed by atoms with E-state index in [0.29, 0.717) is 19.8 Å². The first-order valence-corrected chi connectivity index (χ1v) is 5.73. The van der Waals surface area contributed by atoms with Crippen LogP contribution in [0.1, 0.15) is 26.2 Å². The maximum atomic E-state index is 11.7. The minimum Gasteiger partial charge on any atom is -0.494 e. The van der Waals surface area contributed by atoms with Crippen molar-refractivity contribution in [3.05, 3.63) is 12.0 Å². The van der Waals surface area contributed by atoms with E-state index < -0.39 is 0 Å². The van der Waals surface area contributed by atoms with Crippen molar-refractivity contribution in [2.24, 2.45) is 5.73 Å². The van der Waals surface area contributed by atoms with Gasteiger partial charge in [-0.1, -0.05) is 19.8 Å². The van der Waals surface area contributed by atoms with Crippen LogP contribution in [0.3, 0.4) is 0 Å². The van der Waals surface area contributed by atoms with Gasteiger partial charge in [-0.3, -0.25) is 4.79 Å². The van der Waals surface area contributed by atoms with E-state index in [9.17, 15) is 4.79 Å². The molecule has 0 radical (unpaired) electrons. The molecule has 0 spiro atoms. The predicted octanol–water partition coefficient (Wildman–Crippen LogP) is 0.508. The van der Waals surface area contributed by atoms with Crippen molar-refractivity contribution in [3.8, 4) is 0 Å². The summed E-state index contributed by atoms with van der Waals surface area (Å²) in [6, 6.07) is 0.0128. The molecular formula is C11H20N2O3. The third kappa shape index (κ3) is 4.10. The highest BCUT2D eigenvalue weighted by atomic mass is 16.6. The van der Waals surface area contributed by atoms with Gasteiger partial charge in [0.25, 0.3) is 5.91 Å². The van der Waals surface area contributed by atoms with Gasteiger partial charge >= 0.3 is 0 Å². The summed E-state index contributed by atoms with van der Waals surface area (Å²) in [6.07, 6.45) is 4.40. The lowest BCUT2D eigenvalue weighted by Gasteiger charge is -2.19. The number of amides is 1. The van der Waals surface area contributed by atoms with Gasteiger partial charge in [0, 0.05) is 12.6 Å². The Morgan fingerprint density at radius 3 is 3.00 bits per heavy atom. The lowest BCUT2D eigenvalue weighted by Crippen LogP contribution is -2.41. The predicted molar refractivity (Wildman–Crippen MR) is 60.5 cm³/mol. The summed E-state index contributed by atoms with van der Waals surface area (Å²) in [4.78, 5) is 11.7. The molecule has 5 nitrogen and oxygen atoms in total. The Hall–Kier alpha value is -1.23. The molecule has 1 aliphatic rings. The van der Waals surface area contributed by atoms with E-state index in [-0.39, 0.29) is 17.7 Å². The molecule has 0 aromatic heterocycles. The molecule has 1 heterocycles. The van der Waals surface area contributed by atoms with Crippen LogP contribution in [0.4, 0.5) is 0 Å². The minimum atomic E-state index is -0.244. The average molecular weight is 228 g/mol. The summed E-state index contributed by atoms with van der Waals surface area (Å²) in [5.74, 6) is -0.00699. The van der Waals surface area contributed by atoms with Crippen molar-refractivity contribution < 1.29 is 14.3 Å². The first-order valence-electron chi connectivity index (χ1n) is 5.73. The number of carbonyl (C=O) groups is 1. The van der Waals surface area contributed by atoms with Gasteiger partial charge in [-0.25, -0.2) is 0 Å². The fraction of sp³-hybridized carbons (Fsp3) is 0.727. The normalized spacial score (nSPS) is 16.8. The van der Waals surface area contributed by atoms with E-state index in [1.807, 2.05) is 0 Å². The Morgan fingerprint density at radius 1 is 1.62 bits per heavy atom. The molecule has 1 atom stereocenters. The standard InChI is InChI=1S/C11H20N2O3/c1-2-3-4-9(7-12)13-11(14)10-8-15-5-6-16-10/h8-9H,2-7,12H2,1H3,(H,13,14). The summed E-state index contributed by atoms with van der Waals surface area (Å²) in [5.41, 5.74) is 5.59. The zero-order valence-corrected chi connectivity index (χ0v) is 9.70. The number of unbranched alkanes of at least 4 members (excludes halogenated alkanes) is 1. The molecule has 3 N–H and O–H groups in total. The first-order chi connectivity index (χ1) is 7.77. The Bertz CT molecular complexity index is 254. The number of ether oxygens (including phenoxy) is 2. The zero-order valence-electron chi connectivity index (χ0n) is 9.70. The van der Waals surface area contributed by atoms with Crippen LogP contribution in [0.2, 0.25) is 0 Å². The molecule has 0 aromatic rings. The number of carbonyl (C=O) groups excluding carboxylic acids is 1. The molecule has 92 valence electrons. The summed E-state index contributed by atoms with van der Waals surface area (Å²) < 4.78 is 10.2. The second-order valence-corrected chi connectivity index (χ2v) is 3.75. The number of hydrogen-bond donors (Lipinski definition) is 2. The Morgan fingerprint density at radius 2 is 2.44 bits per heavy atom. The summed E-state index contributed by atoms with van der Waals surface area (Å²) in [5, 5.41) is 2.83. The van der Waals surface area contributed by atoms with Gasteiger partial charge in [0.05, 0.1) is 0 Å². The Kier molecular flexibility index (Phi) is 5.71. The lowest BCUT2D eigenvalue weighted by atomic mass is 10.1. The van der Waals surface area contributed by atoms with Gasteiger partial charge in [-0.2, -0.15) is 0 Å². The molecule has 0 bridgehead atoms. The van der Waals surface area contributed by atoms with Gasteiger partial charge < -0.3 is 20.5 Å². The smallest absolute Gasteiger partial charge is 0.289 e. The third-order valence-electron chi connectivity index (χ3n) is 2.40. The van der Waals surface area contributed by atoms with Gasteiger partial charge in [0.1, 0.15) is 19.5 Å². The molecule has 1 rings (SSSR count). The second kappa shape index (κ2) is 7.11. The van der Waals surface area contributed by atoms with E-state index in [1.165, 1.54) is 6.26 Å². The molecule has 0 saturated heterocycles. The summed E-state index contributed by atoms with van der Waals surface area (Å²) >= 11 is 0. The van der Waals surface area contributed by atoms with Crippen LogP contribution in [0.15, 0.2) is 12.0 Å². The zero-order chi connectivity index (χ0) is 11.8. The van der Waals surface area contributed by atoms with Crippen LogP contribution in [-0.4, -0.2) is 31.7 Å². The van der Waals surface area contributed by atoms with Gasteiger partial charge in [0.15, 0.2) is 0 Å². The molecule has 5 heteroatoms. The van der Waals surface area contributed by atoms with Crippen LogP contribution >= 0.6 is 0 Å². The molecule has 1 aliphatic heterocycles. The molecule has 1 amide bonds. The monoisotopic (exact) mass is 228 g/mol. The summed E-state index contributed by atoms with van der Waals surface area (Å²) in [7, 11) is 0. The maximum absolute atomic E-state index is 11.7. The van der Waals surface area contributed by atoms with E-state index >= 15 is 0 Å². The van der Waals surface area contributed by atoms with E-state index in [4.69, 9.17) is 15.2 Å². The number of nitrogens with one attached hydrogen (secondary N) is 1. The second-order valence-electron chi connectivity index (χ2n) is 3.75. The topological polar surface area (TPSA) is 73.6 Å². The maximum Gasteiger partial charge on any atom is 0.289 e. The molecule has 1 unspecified atom stereocenters. The Labute approximate surface area is 96.0 Å². The van der Waals surface area contributed by atoms with Gasteiger partial charge in [0.2, 0.25) is 5.76 Å². The van der Waals surface area contributed by atoms with E-state index in [0.717, 1.165) is 19.3 Å². The molecule has 0 fully saturated rings. The number of hydrogen-bond acceptors (Lipinski definition) is 4. The minimum absolute atomic E-state index is 0.0128. The van der Waals surface area contributed by atoms with Crippen molar-refractivity contribution in [2.75, 3.05) is 19.8 Å². The van der Waals surface area contributed by atoms with E-state index in [2.05, 4.69) is 12.2 Å². The van der Waals surface area contributed by atoms with Crippen molar-refractivity contribution in [2.45, 2.75) is 32.2 Å². The number of nitrogens with two attached hydrogens (primary N) is 1. The quantitative estimate of drug-likeness (QED) is 0.694. The third-order valence-corrected chi connectivity index (χ3v) is 2.40. The van der Waals surface area contributed by atoms with Crippen molar-refractivity contribution in [3.63, 3.8) is 0 Å².